The molecule has 2 unspecified atom stereocenters. The maximum Gasteiger partial charge on any atom is 0.118 e. The lowest BCUT2D eigenvalue weighted by Crippen LogP contribution is -2.25. The quantitative estimate of drug-likeness (QED) is 0.541. The van der Waals surface area contributed by atoms with Crippen molar-refractivity contribution in [3.8, 4) is 0 Å². The van der Waals surface area contributed by atoms with E-state index >= 15 is 0 Å². The maximum absolute atomic E-state index is 12.3. The van der Waals surface area contributed by atoms with E-state index in [0.717, 1.165) is 18.6 Å². The van der Waals surface area contributed by atoms with Crippen molar-refractivity contribution in [1.29, 1.82) is 0 Å². The number of halogens is 1. The largest absolute Gasteiger partial charge is 0.495 e. The van der Waals surface area contributed by atoms with Crippen LogP contribution in [0.5, 0.6) is 0 Å². The number of hydrogen-bond donors (Lipinski definition) is 3. The smallest absolute Gasteiger partial charge is 0.118 e. The van der Waals surface area contributed by atoms with Crippen LogP contribution in [0.1, 0.15) is 33.1 Å². The number of aliphatic hydroxyl groups is 3. The molecule has 0 radical (unpaired) electrons. The molecule has 5 nitrogen and oxygen atoms in total. The number of allylic oxidation sites excluding steroid dienone is 6. The van der Waals surface area contributed by atoms with Gasteiger partial charge in [-0.25, -0.2) is 4.39 Å². The Bertz CT molecular complexity index is 606. The van der Waals surface area contributed by atoms with Crippen molar-refractivity contribution in [1.82, 2.24) is 0 Å². The first-order valence-corrected chi connectivity index (χ1v) is 9.43. The van der Waals surface area contributed by atoms with Gasteiger partial charge >= 0.3 is 0 Å². The molecule has 2 aliphatic rings. The molecule has 2 rings (SSSR count). The van der Waals surface area contributed by atoms with Crippen LogP contribution in [-0.2, 0) is 9.47 Å². The molecule has 0 saturated heterocycles. The molecular formula is C21H31FO5. The predicted octanol–water partition coefficient (Wildman–Crippen LogP) is 2.59. The van der Waals surface area contributed by atoms with Gasteiger partial charge < -0.3 is 24.8 Å². The maximum atomic E-state index is 12.3. The van der Waals surface area contributed by atoms with Gasteiger partial charge in [-0.3, -0.25) is 0 Å². The molecular weight excluding hydrogens is 351 g/mol. The van der Waals surface area contributed by atoms with Crippen LogP contribution >= 0.6 is 0 Å². The van der Waals surface area contributed by atoms with Gasteiger partial charge in [0.1, 0.15) is 25.5 Å². The highest BCUT2D eigenvalue weighted by molar-refractivity contribution is 5.40. The Morgan fingerprint density at radius 3 is 2.52 bits per heavy atom. The standard InChI is InChI=1S/C21H31FO5/c1-21(2,15-3-7-19(8-4-15)26-13-17(24)11-22)16-5-9-20(10-6-16)27-14-18(25)12-23/h3-5,7,9,17-19,23-25H,6,8,10-14H2,1-2H3/t17?,18?,19-/m1/s1. The van der Waals surface area contributed by atoms with Crippen molar-refractivity contribution in [2.75, 3.05) is 26.5 Å². The van der Waals surface area contributed by atoms with E-state index in [9.17, 15) is 14.6 Å². The molecule has 0 amide bonds. The molecule has 0 aliphatic heterocycles. The Morgan fingerprint density at radius 2 is 1.96 bits per heavy atom. The Hall–Kier alpha value is -1.47. The van der Waals surface area contributed by atoms with Crippen molar-refractivity contribution in [3.05, 3.63) is 47.3 Å². The third kappa shape index (κ3) is 6.28. The predicted molar refractivity (Wildman–Crippen MR) is 102 cm³/mol. The van der Waals surface area contributed by atoms with Crippen LogP contribution in [0.15, 0.2) is 47.3 Å². The van der Waals surface area contributed by atoms with Crippen molar-refractivity contribution in [3.63, 3.8) is 0 Å². The van der Waals surface area contributed by atoms with Crippen LogP contribution in [0.2, 0.25) is 0 Å². The molecule has 0 aromatic rings. The van der Waals surface area contributed by atoms with E-state index in [4.69, 9.17) is 14.6 Å². The van der Waals surface area contributed by atoms with Crippen molar-refractivity contribution in [2.24, 2.45) is 5.41 Å². The summed E-state index contributed by atoms with van der Waals surface area (Å²) in [6.45, 7) is 3.36. The van der Waals surface area contributed by atoms with Crippen LogP contribution in [0.3, 0.4) is 0 Å². The zero-order valence-electron chi connectivity index (χ0n) is 16.1. The summed E-state index contributed by atoms with van der Waals surface area (Å²) >= 11 is 0. The SMILES string of the molecule is CC(C)(C1=CC[C@H](OCC(O)CF)C=C1)C1=CC=C(OCC(O)CO)CC1. The molecule has 27 heavy (non-hydrogen) atoms. The van der Waals surface area contributed by atoms with Gasteiger partial charge in [-0.2, -0.15) is 0 Å². The summed E-state index contributed by atoms with van der Waals surface area (Å²) in [4.78, 5) is 0. The lowest BCUT2D eigenvalue weighted by atomic mass is 9.72. The second-order valence-electron chi connectivity index (χ2n) is 7.53. The topological polar surface area (TPSA) is 79.2 Å². The van der Waals surface area contributed by atoms with Crippen molar-refractivity contribution in [2.45, 2.75) is 51.4 Å². The second-order valence-corrected chi connectivity index (χ2v) is 7.53. The Balaban J connectivity index is 1.93. The van der Waals surface area contributed by atoms with Gasteiger partial charge in [0, 0.05) is 11.8 Å². The third-order valence-corrected chi connectivity index (χ3v) is 5.05. The van der Waals surface area contributed by atoms with E-state index in [0.29, 0.717) is 6.42 Å². The first-order valence-electron chi connectivity index (χ1n) is 9.43. The van der Waals surface area contributed by atoms with Crippen LogP contribution < -0.4 is 0 Å². The van der Waals surface area contributed by atoms with Gasteiger partial charge in [0.15, 0.2) is 0 Å². The van der Waals surface area contributed by atoms with Crippen LogP contribution in [0.4, 0.5) is 4.39 Å². The third-order valence-electron chi connectivity index (χ3n) is 5.05. The molecule has 0 fully saturated rings. The zero-order chi connectivity index (χ0) is 19.9. The summed E-state index contributed by atoms with van der Waals surface area (Å²) in [6, 6.07) is 0. The highest BCUT2D eigenvalue weighted by atomic mass is 19.1. The molecule has 0 aromatic heterocycles. The average molecular weight is 382 g/mol. The first kappa shape index (κ1) is 21.8. The van der Waals surface area contributed by atoms with Crippen LogP contribution in [0, 0.1) is 5.41 Å². The molecule has 0 aromatic carbocycles. The number of rotatable bonds is 10. The minimum absolute atomic E-state index is 0.00176. The Labute approximate surface area is 160 Å². The summed E-state index contributed by atoms with van der Waals surface area (Å²) in [5.41, 5.74) is 2.36. The van der Waals surface area contributed by atoms with Gasteiger partial charge in [-0.1, -0.05) is 43.7 Å². The monoisotopic (exact) mass is 382 g/mol. The number of alkyl halides is 1. The minimum atomic E-state index is -1.06. The van der Waals surface area contributed by atoms with E-state index < -0.39 is 18.9 Å². The minimum Gasteiger partial charge on any atom is -0.495 e. The number of ether oxygens (including phenoxy) is 2. The first-order chi connectivity index (χ1) is 12.9. The molecule has 3 N–H and O–H groups in total. The molecule has 6 heteroatoms. The summed E-state index contributed by atoms with van der Waals surface area (Å²) in [6.07, 6.45) is 10.4. The fraction of sp³-hybridized carbons (Fsp3) is 0.619. The van der Waals surface area contributed by atoms with E-state index in [1.165, 1.54) is 11.1 Å². The zero-order valence-corrected chi connectivity index (χ0v) is 16.1. The highest BCUT2D eigenvalue weighted by Gasteiger charge is 2.29. The summed E-state index contributed by atoms with van der Waals surface area (Å²) < 4.78 is 23.3. The summed E-state index contributed by atoms with van der Waals surface area (Å²) in [5, 5.41) is 27.5. The molecule has 0 heterocycles. The lowest BCUT2D eigenvalue weighted by molar-refractivity contribution is 0.000724. The van der Waals surface area contributed by atoms with Gasteiger partial charge in [0.2, 0.25) is 0 Å². The van der Waals surface area contributed by atoms with E-state index in [2.05, 4.69) is 26.0 Å². The molecule has 0 saturated carbocycles. The summed E-state index contributed by atoms with van der Waals surface area (Å²) in [5.74, 6) is 0.815. The average Bonchev–Trinajstić information content (AvgIpc) is 2.70. The van der Waals surface area contributed by atoms with E-state index in [-0.39, 0.29) is 31.3 Å². The van der Waals surface area contributed by atoms with Crippen LogP contribution in [-0.4, -0.2) is 60.1 Å². The molecule has 3 atom stereocenters. The Morgan fingerprint density at radius 1 is 1.19 bits per heavy atom. The molecule has 152 valence electrons. The fourth-order valence-electron chi connectivity index (χ4n) is 3.17. The van der Waals surface area contributed by atoms with Crippen molar-refractivity contribution < 1.29 is 29.2 Å². The van der Waals surface area contributed by atoms with Crippen molar-refractivity contribution >= 4 is 0 Å². The Kier molecular flexibility index (Phi) is 8.23. The number of hydrogen-bond acceptors (Lipinski definition) is 5. The normalized spacial score (nSPS) is 22.6. The molecule has 0 spiro atoms. The van der Waals surface area contributed by atoms with Crippen LogP contribution in [0.25, 0.3) is 0 Å². The second kappa shape index (κ2) is 10.2. The highest BCUT2D eigenvalue weighted by Crippen LogP contribution is 2.41. The van der Waals surface area contributed by atoms with E-state index in [1.54, 1.807) is 0 Å². The molecule has 2 aliphatic carbocycles. The fourth-order valence-corrected chi connectivity index (χ4v) is 3.17. The van der Waals surface area contributed by atoms with Gasteiger partial charge in [-0.05, 0) is 24.5 Å². The molecule has 0 bridgehead atoms. The van der Waals surface area contributed by atoms with Gasteiger partial charge in [0.25, 0.3) is 0 Å². The van der Waals surface area contributed by atoms with E-state index in [1.807, 2.05) is 18.2 Å². The van der Waals surface area contributed by atoms with Gasteiger partial charge in [0.05, 0.1) is 25.1 Å². The number of aliphatic hydroxyl groups excluding tert-OH is 3. The summed E-state index contributed by atoms with van der Waals surface area (Å²) in [7, 11) is 0. The lowest BCUT2D eigenvalue weighted by Gasteiger charge is -2.33. The van der Waals surface area contributed by atoms with Gasteiger partial charge in [-0.15, -0.1) is 0 Å².